The van der Waals surface area contributed by atoms with Gasteiger partial charge in [-0.1, -0.05) is 18.6 Å². The number of hydrogen-bond donors (Lipinski definition) is 1. The lowest BCUT2D eigenvalue weighted by Gasteiger charge is -2.27. The molecule has 6 nitrogen and oxygen atoms in total. The fourth-order valence-corrected chi connectivity index (χ4v) is 3.67. The van der Waals surface area contributed by atoms with Gasteiger partial charge in [0.15, 0.2) is 0 Å². The Hall–Kier alpha value is -2.21. The maximum atomic E-state index is 12.9. The zero-order valence-electron chi connectivity index (χ0n) is 14.4. The normalized spacial score (nSPS) is 23.6. The molecule has 0 radical (unpaired) electrons. The van der Waals surface area contributed by atoms with Crippen molar-refractivity contribution in [3.05, 3.63) is 40.4 Å². The second kappa shape index (κ2) is 6.59. The number of rotatable bonds is 4. The van der Waals surface area contributed by atoms with Crippen LogP contribution in [0.2, 0.25) is 0 Å². The molecule has 25 heavy (non-hydrogen) atoms. The molecular weight excluding hydrogens is 318 g/mol. The minimum Gasteiger partial charge on any atom is -0.381 e. The second-order valence-electron chi connectivity index (χ2n) is 7.10. The van der Waals surface area contributed by atoms with Crippen LogP contribution in [0.4, 0.5) is 0 Å². The van der Waals surface area contributed by atoms with Gasteiger partial charge in [0, 0.05) is 18.9 Å². The van der Waals surface area contributed by atoms with Crippen molar-refractivity contribution < 1.29 is 9.53 Å². The standard InChI is InChI=1S/C19H23N3O3/c1-25-14-6-4-5-13(11-14)18(23)21-22-17(12-9-10-12)20-16-8-3-2-7-15(16)19(22)24/h2-3,7-8,12-14H,4-6,9-11H2,1H3,(H,21,23)/t13-,14-/m1/s1. The number of carbonyl (C=O) groups is 1. The van der Waals surface area contributed by atoms with E-state index in [9.17, 15) is 9.59 Å². The summed E-state index contributed by atoms with van der Waals surface area (Å²) in [5.41, 5.74) is 3.35. The first-order chi connectivity index (χ1) is 12.2. The minimum absolute atomic E-state index is 0.108. The third-order valence-electron chi connectivity index (χ3n) is 5.30. The molecule has 1 aromatic carbocycles. The van der Waals surface area contributed by atoms with E-state index < -0.39 is 0 Å². The lowest BCUT2D eigenvalue weighted by atomic mass is 9.87. The topological polar surface area (TPSA) is 73.2 Å². The van der Waals surface area contributed by atoms with Gasteiger partial charge in [-0.25, -0.2) is 9.66 Å². The van der Waals surface area contributed by atoms with Crippen LogP contribution in [0, 0.1) is 5.92 Å². The van der Waals surface area contributed by atoms with Crippen LogP contribution in [0.1, 0.15) is 50.3 Å². The summed E-state index contributed by atoms with van der Waals surface area (Å²) < 4.78 is 6.80. The number of aromatic nitrogens is 2. The monoisotopic (exact) mass is 341 g/mol. The van der Waals surface area contributed by atoms with E-state index in [4.69, 9.17) is 4.74 Å². The highest BCUT2D eigenvalue weighted by molar-refractivity contribution is 5.87. The van der Waals surface area contributed by atoms with Gasteiger partial charge in [0.05, 0.1) is 17.0 Å². The molecule has 1 amide bonds. The Morgan fingerprint density at radius 2 is 2.04 bits per heavy atom. The van der Waals surface area contributed by atoms with E-state index in [-0.39, 0.29) is 29.4 Å². The number of ether oxygens (including phenoxy) is 1. The SMILES string of the molecule is CO[C@@H]1CCC[C@@H](C(=O)Nn2c(C3CC3)nc3ccccc3c2=O)C1. The minimum atomic E-state index is -0.194. The Bertz CT molecular complexity index is 857. The fourth-order valence-electron chi connectivity index (χ4n) is 3.67. The number of para-hydroxylation sites is 1. The highest BCUT2D eigenvalue weighted by Gasteiger charge is 2.32. The number of carbonyl (C=O) groups excluding carboxylic acids is 1. The summed E-state index contributed by atoms with van der Waals surface area (Å²) in [6, 6.07) is 7.30. The summed E-state index contributed by atoms with van der Waals surface area (Å²) in [5, 5.41) is 0.533. The van der Waals surface area contributed by atoms with E-state index in [2.05, 4.69) is 10.4 Å². The number of fused-ring (bicyclic) bond motifs is 1. The molecule has 6 heteroatoms. The number of nitrogens with one attached hydrogen (secondary N) is 1. The molecule has 0 unspecified atom stereocenters. The molecule has 0 aliphatic heterocycles. The first-order valence-electron chi connectivity index (χ1n) is 9.02. The predicted octanol–water partition coefficient (Wildman–Crippen LogP) is 2.55. The van der Waals surface area contributed by atoms with Gasteiger partial charge in [-0.15, -0.1) is 0 Å². The van der Waals surface area contributed by atoms with Crippen LogP contribution in [0.15, 0.2) is 29.1 Å². The van der Waals surface area contributed by atoms with E-state index in [1.165, 1.54) is 4.68 Å². The van der Waals surface area contributed by atoms with E-state index in [0.717, 1.165) is 32.1 Å². The van der Waals surface area contributed by atoms with Gasteiger partial charge < -0.3 is 4.74 Å². The van der Waals surface area contributed by atoms with Crippen molar-refractivity contribution in [1.82, 2.24) is 9.66 Å². The van der Waals surface area contributed by atoms with Crippen LogP contribution in [0.3, 0.4) is 0 Å². The molecule has 0 spiro atoms. The third-order valence-corrected chi connectivity index (χ3v) is 5.30. The molecule has 2 saturated carbocycles. The van der Waals surface area contributed by atoms with Crippen molar-refractivity contribution in [2.45, 2.75) is 50.5 Å². The van der Waals surface area contributed by atoms with Crippen molar-refractivity contribution in [2.75, 3.05) is 12.5 Å². The molecule has 0 saturated heterocycles. The van der Waals surface area contributed by atoms with E-state index >= 15 is 0 Å². The van der Waals surface area contributed by atoms with Gasteiger partial charge in [-0.05, 0) is 44.2 Å². The molecule has 0 bridgehead atoms. The van der Waals surface area contributed by atoms with Crippen molar-refractivity contribution in [1.29, 1.82) is 0 Å². The quantitative estimate of drug-likeness (QED) is 0.927. The Balaban J connectivity index is 1.66. The number of benzene rings is 1. The molecule has 2 atom stereocenters. The van der Waals surface area contributed by atoms with E-state index in [0.29, 0.717) is 23.1 Å². The maximum Gasteiger partial charge on any atom is 0.280 e. The van der Waals surface area contributed by atoms with Gasteiger partial charge in [0.25, 0.3) is 5.56 Å². The van der Waals surface area contributed by atoms with Crippen molar-refractivity contribution in [2.24, 2.45) is 5.92 Å². The highest BCUT2D eigenvalue weighted by atomic mass is 16.5. The first kappa shape index (κ1) is 16.3. The zero-order chi connectivity index (χ0) is 17.4. The smallest absolute Gasteiger partial charge is 0.280 e. The van der Waals surface area contributed by atoms with Crippen LogP contribution in [-0.4, -0.2) is 28.8 Å². The van der Waals surface area contributed by atoms with Crippen LogP contribution >= 0.6 is 0 Å². The molecule has 1 aromatic heterocycles. The van der Waals surface area contributed by atoms with Crippen LogP contribution in [-0.2, 0) is 9.53 Å². The summed E-state index contributed by atoms with van der Waals surface area (Å²) in [5.74, 6) is 0.707. The Morgan fingerprint density at radius 1 is 1.24 bits per heavy atom. The number of amides is 1. The molecular formula is C19H23N3O3. The Labute approximate surface area is 146 Å². The second-order valence-corrected chi connectivity index (χ2v) is 7.10. The van der Waals surface area contributed by atoms with Crippen molar-refractivity contribution >= 4 is 16.8 Å². The lowest BCUT2D eigenvalue weighted by molar-refractivity contribution is -0.123. The molecule has 2 fully saturated rings. The molecule has 1 N–H and O–H groups in total. The van der Waals surface area contributed by atoms with Gasteiger partial charge in [0.1, 0.15) is 5.82 Å². The van der Waals surface area contributed by atoms with Gasteiger partial charge in [-0.2, -0.15) is 0 Å². The molecule has 2 aliphatic rings. The van der Waals surface area contributed by atoms with Gasteiger partial charge in [0.2, 0.25) is 5.91 Å². The third kappa shape index (κ3) is 3.18. The van der Waals surface area contributed by atoms with E-state index in [1.54, 1.807) is 13.2 Å². The average molecular weight is 341 g/mol. The maximum absolute atomic E-state index is 12.9. The summed E-state index contributed by atoms with van der Waals surface area (Å²) in [7, 11) is 1.69. The molecule has 2 aromatic rings. The van der Waals surface area contributed by atoms with Crippen LogP contribution in [0.5, 0.6) is 0 Å². The lowest BCUT2D eigenvalue weighted by Crippen LogP contribution is -2.40. The fraction of sp³-hybridized carbons (Fsp3) is 0.526. The summed E-state index contributed by atoms with van der Waals surface area (Å²) in [4.78, 5) is 30.3. The highest BCUT2D eigenvalue weighted by Crippen LogP contribution is 2.38. The first-order valence-corrected chi connectivity index (χ1v) is 9.02. The van der Waals surface area contributed by atoms with Crippen LogP contribution in [0.25, 0.3) is 10.9 Å². The van der Waals surface area contributed by atoms with Gasteiger partial charge >= 0.3 is 0 Å². The zero-order valence-corrected chi connectivity index (χ0v) is 14.4. The Morgan fingerprint density at radius 3 is 2.80 bits per heavy atom. The number of nitrogens with zero attached hydrogens (tertiary/aromatic N) is 2. The van der Waals surface area contributed by atoms with E-state index in [1.807, 2.05) is 18.2 Å². The molecule has 1 heterocycles. The average Bonchev–Trinajstić information content (AvgIpc) is 3.49. The summed E-state index contributed by atoms with van der Waals surface area (Å²) in [6.45, 7) is 0. The summed E-state index contributed by atoms with van der Waals surface area (Å²) in [6.07, 6.45) is 5.64. The summed E-state index contributed by atoms with van der Waals surface area (Å²) >= 11 is 0. The Kier molecular flexibility index (Phi) is 4.29. The van der Waals surface area contributed by atoms with Crippen LogP contribution < -0.4 is 11.0 Å². The molecule has 4 rings (SSSR count). The van der Waals surface area contributed by atoms with Crippen molar-refractivity contribution in [3.8, 4) is 0 Å². The molecule has 132 valence electrons. The van der Waals surface area contributed by atoms with Crippen molar-refractivity contribution in [3.63, 3.8) is 0 Å². The number of hydrogen-bond acceptors (Lipinski definition) is 4. The van der Waals surface area contributed by atoms with Gasteiger partial charge in [-0.3, -0.25) is 15.0 Å². The molecule has 2 aliphatic carbocycles. The largest absolute Gasteiger partial charge is 0.381 e. The number of methoxy groups -OCH3 is 1. The predicted molar refractivity (Wildman–Crippen MR) is 95.1 cm³/mol.